The maximum Gasteiger partial charge on any atom is 0.393 e. The zero-order valence-corrected chi connectivity index (χ0v) is 13.5. The minimum Gasteiger partial charge on any atom is -0.481 e. The Kier molecular flexibility index (Phi) is 5.40. The van der Waals surface area contributed by atoms with Crippen LogP contribution in [-0.2, 0) is 11.3 Å². The third-order valence-corrected chi connectivity index (χ3v) is 4.35. The van der Waals surface area contributed by atoms with Crippen LogP contribution >= 0.6 is 12.4 Å². The first kappa shape index (κ1) is 18.5. The van der Waals surface area contributed by atoms with E-state index in [0.717, 1.165) is 16.3 Å². The molecule has 0 unspecified atom stereocenters. The number of hydrogen-bond acceptors (Lipinski definition) is 2. The van der Waals surface area contributed by atoms with E-state index in [2.05, 4.69) is 0 Å². The van der Waals surface area contributed by atoms with E-state index in [1.165, 1.54) is 0 Å². The summed E-state index contributed by atoms with van der Waals surface area (Å²) in [7, 11) is 0. The van der Waals surface area contributed by atoms with Gasteiger partial charge in [-0.05, 0) is 22.4 Å². The van der Waals surface area contributed by atoms with Crippen LogP contribution in [0.3, 0.4) is 0 Å². The highest BCUT2D eigenvalue weighted by Crippen LogP contribution is 2.38. The molecule has 0 saturated carbocycles. The number of alkyl halides is 3. The second-order valence-corrected chi connectivity index (χ2v) is 5.97. The lowest BCUT2D eigenvalue weighted by Crippen LogP contribution is -2.33. The second kappa shape index (κ2) is 6.99. The molecule has 7 heteroatoms. The summed E-state index contributed by atoms with van der Waals surface area (Å²) in [5.41, 5.74) is 0.885. The SMILES string of the molecule is Cl.O=C(O)[C@@H]1CN(Cc2ccc3ccccc3c2)C[C@H]1C(F)(F)F. The maximum absolute atomic E-state index is 13.0. The number of halogens is 4. The average molecular weight is 360 g/mol. The van der Waals surface area contributed by atoms with Crippen molar-refractivity contribution in [2.24, 2.45) is 11.8 Å². The molecule has 3 rings (SSSR count). The van der Waals surface area contributed by atoms with Gasteiger partial charge in [-0.15, -0.1) is 12.4 Å². The van der Waals surface area contributed by atoms with E-state index in [-0.39, 0.29) is 25.5 Å². The van der Waals surface area contributed by atoms with E-state index in [9.17, 15) is 18.0 Å². The monoisotopic (exact) mass is 359 g/mol. The van der Waals surface area contributed by atoms with Crippen LogP contribution in [0.4, 0.5) is 13.2 Å². The number of carbonyl (C=O) groups is 1. The van der Waals surface area contributed by atoms with E-state index < -0.39 is 24.0 Å². The molecular weight excluding hydrogens is 343 g/mol. The fraction of sp³-hybridized carbons (Fsp3) is 0.353. The van der Waals surface area contributed by atoms with Crippen molar-refractivity contribution in [1.29, 1.82) is 0 Å². The van der Waals surface area contributed by atoms with Crippen LogP contribution in [0.1, 0.15) is 5.56 Å². The van der Waals surface area contributed by atoms with Crippen molar-refractivity contribution in [2.45, 2.75) is 12.7 Å². The number of carboxylic acids is 1. The van der Waals surface area contributed by atoms with Crippen molar-refractivity contribution in [1.82, 2.24) is 4.90 Å². The molecule has 0 amide bonds. The lowest BCUT2D eigenvalue weighted by Gasteiger charge is -2.18. The van der Waals surface area contributed by atoms with Crippen LogP contribution in [0.5, 0.6) is 0 Å². The van der Waals surface area contributed by atoms with Crippen LogP contribution in [0.2, 0.25) is 0 Å². The smallest absolute Gasteiger partial charge is 0.393 e. The van der Waals surface area contributed by atoms with Gasteiger partial charge in [-0.3, -0.25) is 9.69 Å². The Bertz CT molecular complexity index is 735. The standard InChI is InChI=1S/C17H16F3NO2.ClH/c18-17(19,20)15-10-21(9-14(15)16(22)23)8-11-5-6-12-3-1-2-4-13(12)7-11;/h1-7,14-15H,8-10H2,(H,22,23);1H/t14-,15-;/m1./s1. The molecule has 1 N–H and O–H groups in total. The van der Waals surface area contributed by atoms with Crippen molar-refractivity contribution >= 4 is 29.1 Å². The van der Waals surface area contributed by atoms with E-state index >= 15 is 0 Å². The third-order valence-electron chi connectivity index (χ3n) is 4.35. The Balaban J connectivity index is 0.00000208. The van der Waals surface area contributed by atoms with Gasteiger partial charge in [-0.1, -0.05) is 36.4 Å². The summed E-state index contributed by atoms with van der Waals surface area (Å²) < 4.78 is 39.0. The number of rotatable bonds is 3. The first-order valence-corrected chi connectivity index (χ1v) is 7.34. The number of likely N-dealkylation sites (tertiary alicyclic amines) is 1. The lowest BCUT2D eigenvalue weighted by molar-refractivity contribution is -0.188. The lowest BCUT2D eigenvalue weighted by atomic mass is 9.96. The molecule has 1 heterocycles. The highest BCUT2D eigenvalue weighted by atomic mass is 35.5. The van der Waals surface area contributed by atoms with Crippen LogP contribution in [-0.4, -0.2) is 35.2 Å². The van der Waals surface area contributed by atoms with Gasteiger partial charge in [0.25, 0.3) is 0 Å². The molecule has 0 radical (unpaired) electrons. The van der Waals surface area contributed by atoms with Crippen molar-refractivity contribution in [3.8, 4) is 0 Å². The van der Waals surface area contributed by atoms with Crippen molar-refractivity contribution in [2.75, 3.05) is 13.1 Å². The van der Waals surface area contributed by atoms with Gasteiger partial charge >= 0.3 is 12.1 Å². The summed E-state index contributed by atoms with van der Waals surface area (Å²) >= 11 is 0. The second-order valence-electron chi connectivity index (χ2n) is 5.97. The first-order chi connectivity index (χ1) is 10.8. The summed E-state index contributed by atoms with van der Waals surface area (Å²) in [4.78, 5) is 12.7. The zero-order chi connectivity index (χ0) is 16.6. The van der Waals surface area contributed by atoms with E-state index in [4.69, 9.17) is 5.11 Å². The predicted molar refractivity (Wildman–Crippen MR) is 87.1 cm³/mol. The molecule has 3 nitrogen and oxygen atoms in total. The molecule has 1 aliphatic rings. The number of aliphatic carboxylic acids is 1. The summed E-state index contributed by atoms with van der Waals surface area (Å²) in [5.74, 6) is -4.58. The number of carboxylic acid groups (broad SMARTS) is 1. The highest BCUT2D eigenvalue weighted by Gasteiger charge is 2.52. The highest BCUT2D eigenvalue weighted by molar-refractivity contribution is 5.85. The molecule has 0 aliphatic carbocycles. The normalized spacial score (nSPS) is 21.6. The number of nitrogens with zero attached hydrogens (tertiary/aromatic N) is 1. The number of hydrogen-bond donors (Lipinski definition) is 1. The molecule has 2 atom stereocenters. The Morgan fingerprint density at radius 1 is 1.12 bits per heavy atom. The van der Waals surface area contributed by atoms with Gasteiger partial charge < -0.3 is 5.11 Å². The molecule has 0 bridgehead atoms. The topological polar surface area (TPSA) is 40.5 Å². The largest absolute Gasteiger partial charge is 0.481 e. The van der Waals surface area contributed by atoms with Crippen LogP contribution in [0, 0.1) is 11.8 Å². The maximum atomic E-state index is 13.0. The van der Waals surface area contributed by atoms with Crippen LogP contribution in [0.15, 0.2) is 42.5 Å². The number of fused-ring (bicyclic) bond motifs is 1. The molecule has 2 aromatic carbocycles. The minimum atomic E-state index is -4.48. The van der Waals surface area contributed by atoms with Gasteiger partial charge in [0.05, 0.1) is 11.8 Å². The summed E-state index contributed by atoms with van der Waals surface area (Å²) in [6, 6.07) is 13.5. The summed E-state index contributed by atoms with van der Waals surface area (Å²) in [6.45, 7) is -0.0270. The predicted octanol–water partition coefficient (Wildman–Crippen LogP) is 3.96. The Labute approximate surface area is 143 Å². The van der Waals surface area contributed by atoms with Gasteiger partial charge in [-0.25, -0.2) is 0 Å². The molecule has 1 fully saturated rings. The Hall–Kier alpha value is -1.79. The fourth-order valence-corrected chi connectivity index (χ4v) is 3.19. The van der Waals surface area contributed by atoms with Gasteiger partial charge in [0.1, 0.15) is 0 Å². The van der Waals surface area contributed by atoms with Crippen molar-refractivity contribution in [3.05, 3.63) is 48.0 Å². The average Bonchev–Trinajstić information content (AvgIpc) is 2.91. The van der Waals surface area contributed by atoms with Crippen molar-refractivity contribution < 1.29 is 23.1 Å². The molecular formula is C17H17ClF3NO2. The van der Waals surface area contributed by atoms with Crippen LogP contribution < -0.4 is 0 Å². The first-order valence-electron chi connectivity index (χ1n) is 7.34. The van der Waals surface area contributed by atoms with Gasteiger partial charge in [-0.2, -0.15) is 13.2 Å². The van der Waals surface area contributed by atoms with E-state index in [1.54, 1.807) is 4.90 Å². The van der Waals surface area contributed by atoms with Gasteiger partial charge in [0, 0.05) is 19.6 Å². The molecule has 130 valence electrons. The Morgan fingerprint density at radius 3 is 2.38 bits per heavy atom. The molecule has 24 heavy (non-hydrogen) atoms. The Morgan fingerprint density at radius 2 is 1.79 bits per heavy atom. The summed E-state index contributed by atoms with van der Waals surface area (Å²) in [5, 5.41) is 11.1. The van der Waals surface area contributed by atoms with Gasteiger partial charge in [0.2, 0.25) is 0 Å². The zero-order valence-electron chi connectivity index (χ0n) is 12.7. The number of benzene rings is 2. The van der Waals surface area contributed by atoms with Gasteiger partial charge in [0.15, 0.2) is 0 Å². The molecule has 2 aromatic rings. The molecule has 0 spiro atoms. The van der Waals surface area contributed by atoms with E-state index in [0.29, 0.717) is 6.54 Å². The molecule has 1 aliphatic heterocycles. The third kappa shape index (κ3) is 3.82. The van der Waals surface area contributed by atoms with E-state index in [1.807, 2.05) is 42.5 Å². The van der Waals surface area contributed by atoms with Crippen LogP contribution in [0.25, 0.3) is 10.8 Å². The fourth-order valence-electron chi connectivity index (χ4n) is 3.19. The molecule has 1 saturated heterocycles. The van der Waals surface area contributed by atoms with Crippen molar-refractivity contribution in [3.63, 3.8) is 0 Å². The minimum absolute atomic E-state index is 0. The molecule has 0 aromatic heterocycles. The summed E-state index contributed by atoms with van der Waals surface area (Å²) in [6.07, 6.45) is -4.48. The quantitative estimate of drug-likeness (QED) is 0.902.